The number of phenolic OH excluding ortho intramolecular Hbond substituents is 1. The van der Waals surface area contributed by atoms with Crippen LogP contribution in [0.15, 0.2) is 54.6 Å². The molecule has 27 heavy (non-hydrogen) atoms. The monoisotopic (exact) mass is 369 g/mol. The van der Waals surface area contributed by atoms with E-state index in [0.717, 1.165) is 11.1 Å². The number of carbonyl (C=O) groups excluding carboxylic acids is 2. The number of benzene rings is 2. The van der Waals surface area contributed by atoms with Crippen molar-refractivity contribution >= 4 is 11.9 Å². The molecule has 0 fully saturated rings. The van der Waals surface area contributed by atoms with Crippen molar-refractivity contribution in [1.82, 2.24) is 5.32 Å². The van der Waals surface area contributed by atoms with Crippen molar-refractivity contribution in [2.45, 2.75) is 39.8 Å². The molecule has 0 saturated heterocycles. The van der Waals surface area contributed by atoms with Gasteiger partial charge in [0.25, 0.3) is 0 Å². The largest absolute Gasteiger partial charge is 0.508 e. The Balaban J connectivity index is 2.08. The predicted molar refractivity (Wildman–Crippen MR) is 104 cm³/mol. The number of nitrogens with one attached hydrogen (secondary N) is 1. The molecule has 5 heteroatoms. The molecule has 2 N–H and O–H groups in total. The molecule has 0 aromatic heterocycles. The number of carbonyl (C=O) groups is 2. The molecule has 1 unspecified atom stereocenters. The van der Waals surface area contributed by atoms with Crippen LogP contribution in [-0.2, 0) is 27.4 Å². The lowest BCUT2D eigenvalue weighted by Gasteiger charge is -2.22. The summed E-state index contributed by atoms with van der Waals surface area (Å²) in [7, 11) is 0. The topological polar surface area (TPSA) is 75.6 Å². The van der Waals surface area contributed by atoms with Gasteiger partial charge in [-0.05, 0) is 29.2 Å². The van der Waals surface area contributed by atoms with Gasteiger partial charge in [0.15, 0.2) is 0 Å². The molecule has 1 amide bonds. The summed E-state index contributed by atoms with van der Waals surface area (Å²) in [5.41, 5.74) is 1.71. The van der Waals surface area contributed by atoms with Crippen LogP contribution in [-0.4, -0.2) is 23.0 Å². The molecular formula is C22H27NO4. The van der Waals surface area contributed by atoms with Crippen LogP contribution in [0.1, 0.15) is 31.9 Å². The Hall–Kier alpha value is -2.82. The molecule has 0 aliphatic heterocycles. The van der Waals surface area contributed by atoms with Gasteiger partial charge in [0.1, 0.15) is 18.4 Å². The first-order valence-corrected chi connectivity index (χ1v) is 9.15. The van der Waals surface area contributed by atoms with E-state index in [9.17, 15) is 14.7 Å². The fraction of sp³-hybridized carbons (Fsp3) is 0.364. The Bertz CT molecular complexity index is 741. The van der Waals surface area contributed by atoms with Gasteiger partial charge >= 0.3 is 5.97 Å². The van der Waals surface area contributed by atoms with Crippen molar-refractivity contribution in [3.05, 3.63) is 65.7 Å². The molecule has 2 aromatic carbocycles. The Morgan fingerprint density at radius 3 is 2.19 bits per heavy atom. The third-order valence-electron chi connectivity index (χ3n) is 4.61. The third kappa shape index (κ3) is 6.44. The van der Waals surface area contributed by atoms with E-state index < -0.39 is 12.0 Å². The van der Waals surface area contributed by atoms with Crippen molar-refractivity contribution < 1.29 is 19.4 Å². The van der Waals surface area contributed by atoms with Gasteiger partial charge in [0.2, 0.25) is 5.91 Å². The average Bonchev–Trinajstić information content (AvgIpc) is 2.67. The molecule has 2 atom stereocenters. The summed E-state index contributed by atoms with van der Waals surface area (Å²) in [6.07, 6.45) is 0.296. The zero-order valence-corrected chi connectivity index (χ0v) is 16.0. The SMILES string of the molecule is CC(C)[C@H](C)C(=O)NC(Cc1ccc(O)cc1)C(=O)OCc1ccccc1. The van der Waals surface area contributed by atoms with Crippen LogP contribution >= 0.6 is 0 Å². The molecule has 2 rings (SSSR count). The second-order valence-electron chi connectivity index (χ2n) is 7.06. The van der Waals surface area contributed by atoms with Crippen molar-refractivity contribution in [3.8, 4) is 5.75 Å². The molecular weight excluding hydrogens is 342 g/mol. The summed E-state index contributed by atoms with van der Waals surface area (Å²) in [5, 5.41) is 12.2. The summed E-state index contributed by atoms with van der Waals surface area (Å²) >= 11 is 0. The van der Waals surface area contributed by atoms with Crippen LogP contribution in [0.25, 0.3) is 0 Å². The Labute approximate surface area is 160 Å². The highest BCUT2D eigenvalue weighted by molar-refractivity contribution is 5.86. The summed E-state index contributed by atoms with van der Waals surface area (Å²) < 4.78 is 5.42. The summed E-state index contributed by atoms with van der Waals surface area (Å²) in [6.45, 7) is 5.92. The zero-order chi connectivity index (χ0) is 19.8. The molecule has 0 aliphatic carbocycles. The molecule has 2 aromatic rings. The van der Waals surface area contributed by atoms with Crippen molar-refractivity contribution in [1.29, 1.82) is 0 Å². The van der Waals surface area contributed by atoms with E-state index >= 15 is 0 Å². The highest BCUT2D eigenvalue weighted by atomic mass is 16.5. The highest BCUT2D eigenvalue weighted by Crippen LogP contribution is 2.14. The Kier molecular flexibility index (Phi) is 7.41. The van der Waals surface area contributed by atoms with Crippen LogP contribution in [0, 0.1) is 11.8 Å². The van der Waals surface area contributed by atoms with Crippen LogP contribution in [0.3, 0.4) is 0 Å². The number of ether oxygens (including phenoxy) is 1. The number of rotatable bonds is 8. The van der Waals surface area contributed by atoms with Crippen molar-refractivity contribution in [2.75, 3.05) is 0 Å². The fourth-order valence-corrected chi connectivity index (χ4v) is 2.50. The lowest BCUT2D eigenvalue weighted by Crippen LogP contribution is -2.46. The standard InChI is InChI=1S/C22H27NO4/c1-15(2)16(3)21(25)23-20(13-17-9-11-19(24)12-10-17)22(26)27-14-18-7-5-4-6-8-18/h4-12,15-16,20,24H,13-14H2,1-3H3,(H,23,25)/t16-,20?/m0/s1. The minimum Gasteiger partial charge on any atom is -0.508 e. The summed E-state index contributed by atoms with van der Waals surface area (Å²) in [6, 6.07) is 15.2. The number of esters is 1. The van der Waals surface area contributed by atoms with E-state index in [1.165, 1.54) is 0 Å². The quantitative estimate of drug-likeness (QED) is 0.699. The van der Waals surface area contributed by atoms with Gasteiger partial charge in [-0.15, -0.1) is 0 Å². The number of phenols is 1. The van der Waals surface area contributed by atoms with E-state index in [0.29, 0.717) is 6.42 Å². The van der Waals surface area contributed by atoms with Crippen LogP contribution in [0.4, 0.5) is 0 Å². The maximum atomic E-state index is 12.6. The smallest absolute Gasteiger partial charge is 0.329 e. The van der Waals surface area contributed by atoms with Gasteiger partial charge < -0.3 is 15.2 Å². The van der Waals surface area contributed by atoms with E-state index in [-0.39, 0.29) is 30.1 Å². The first-order valence-electron chi connectivity index (χ1n) is 9.15. The summed E-state index contributed by atoms with van der Waals surface area (Å²) in [4.78, 5) is 25.1. The van der Waals surface area contributed by atoms with Crippen molar-refractivity contribution in [2.24, 2.45) is 11.8 Å². The third-order valence-corrected chi connectivity index (χ3v) is 4.61. The number of hydrogen-bond acceptors (Lipinski definition) is 4. The Morgan fingerprint density at radius 2 is 1.59 bits per heavy atom. The average molecular weight is 369 g/mol. The highest BCUT2D eigenvalue weighted by Gasteiger charge is 2.26. The zero-order valence-electron chi connectivity index (χ0n) is 16.0. The number of amides is 1. The van der Waals surface area contributed by atoms with E-state index in [1.807, 2.05) is 51.1 Å². The lowest BCUT2D eigenvalue weighted by atomic mass is 9.96. The normalized spacial score (nSPS) is 13.0. The first kappa shape index (κ1) is 20.5. The fourth-order valence-electron chi connectivity index (χ4n) is 2.50. The molecule has 0 saturated carbocycles. The molecule has 5 nitrogen and oxygen atoms in total. The number of hydrogen-bond donors (Lipinski definition) is 2. The van der Waals surface area contributed by atoms with Crippen LogP contribution in [0.2, 0.25) is 0 Å². The van der Waals surface area contributed by atoms with Gasteiger partial charge in [0, 0.05) is 12.3 Å². The molecule has 0 radical (unpaired) electrons. The number of aromatic hydroxyl groups is 1. The van der Waals surface area contributed by atoms with Gasteiger partial charge in [-0.3, -0.25) is 4.79 Å². The molecule has 0 bridgehead atoms. The van der Waals surface area contributed by atoms with Gasteiger partial charge in [-0.25, -0.2) is 4.79 Å². The lowest BCUT2D eigenvalue weighted by molar-refractivity contribution is -0.149. The van der Waals surface area contributed by atoms with Gasteiger partial charge in [-0.2, -0.15) is 0 Å². The molecule has 144 valence electrons. The van der Waals surface area contributed by atoms with Gasteiger partial charge in [0.05, 0.1) is 0 Å². The van der Waals surface area contributed by atoms with E-state index in [1.54, 1.807) is 24.3 Å². The molecule has 0 aliphatic rings. The minimum atomic E-state index is -0.785. The van der Waals surface area contributed by atoms with E-state index in [4.69, 9.17) is 4.74 Å². The molecule has 0 heterocycles. The van der Waals surface area contributed by atoms with Gasteiger partial charge in [-0.1, -0.05) is 63.2 Å². The predicted octanol–water partition coefficient (Wildman–Crippen LogP) is 3.46. The van der Waals surface area contributed by atoms with Crippen molar-refractivity contribution in [3.63, 3.8) is 0 Å². The Morgan fingerprint density at radius 1 is 0.963 bits per heavy atom. The maximum Gasteiger partial charge on any atom is 0.329 e. The second-order valence-corrected chi connectivity index (χ2v) is 7.06. The van der Waals surface area contributed by atoms with Crippen LogP contribution < -0.4 is 5.32 Å². The maximum absolute atomic E-state index is 12.6. The van der Waals surface area contributed by atoms with Crippen LogP contribution in [0.5, 0.6) is 5.75 Å². The van der Waals surface area contributed by atoms with E-state index in [2.05, 4.69) is 5.32 Å². The second kappa shape index (κ2) is 9.76. The molecule has 0 spiro atoms. The summed E-state index contributed by atoms with van der Waals surface area (Å²) in [5.74, 6) is -0.546. The minimum absolute atomic E-state index is 0.152. The first-order chi connectivity index (χ1) is 12.9.